The maximum absolute atomic E-state index is 11.8. The number of hydrogen-bond donors (Lipinski definition) is 1. The maximum atomic E-state index is 11.8. The number of ether oxygens (including phenoxy) is 1. The summed E-state index contributed by atoms with van der Waals surface area (Å²) in [5.41, 5.74) is 0.0195. The van der Waals surface area contributed by atoms with Crippen LogP contribution < -0.4 is 11.2 Å². The van der Waals surface area contributed by atoms with Crippen molar-refractivity contribution in [2.24, 2.45) is 0 Å². The summed E-state index contributed by atoms with van der Waals surface area (Å²) >= 11 is 0. The zero-order valence-corrected chi connectivity index (χ0v) is 12.2. The van der Waals surface area contributed by atoms with Crippen LogP contribution in [0, 0.1) is 6.92 Å². The summed E-state index contributed by atoms with van der Waals surface area (Å²) < 4.78 is 6.93. The third kappa shape index (κ3) is 4.05. The zero-order valence-electron chi connectivity index (χ0n) is 12.2. The van der Waals surface area contributed by atoms with E-state index in [2.05, 4.69) is 9.88 Å². The molecule has 6 nitrogen and oxygen atoms in total. The number of nitrogens with one attached hydrogen (secondary N) is 1. The summed E-state index contributed by atoms with van der Waals surface area (Å²) in [5.74, 6) is 0. The molecule has 2 heterocycles. The highest BCUT2D eigenvalue weighted by molar-refractivity contribution is 4.96. The highest BCUT2D eigenvalue weighted by Crippen LogP contribution is 2.13. The van der Waals surface area contributed by atoms with Gasteiger partial charge in [0.25, 0.3) is 5.56 Å². The molecule has 1 unspecified atom stereocenters. The van der Waals surface area contributed by atoms with E-state index in [1.165, 1.54) is 17.1 Å². The lowest BCUT2D eigenvalue weighted by Gasteiger charge is -2.27. The molecule has 1 saturated heterocycles. The molecule has 112 valence electrons. The number of H-pyrrole nitrogens is 1. The van der Waals surface area contributed by atoms with Crippen LogP contribution in [0.5, 0.6) is 0 Å². The molecular weight excluding hydrogens is 258 g/mol. The van der Waals surface area contributed by atoms with Crippen LogP contribution >= 0.6 is 0 Å². The van der Waals surface area contributed by atoms with Gasteiger partial charge < -0.3 is 14.6 Å². The van der Waals surface area contributed by atoms with Crippen LogP contribution in [0.4, 0.5) is 0 Å². The largest absolute Gasteiger partial charge is 0.377 e. The summed E-state index contributed by atoms with van der Waals surface area (Å²) in [7, 11) is 1.99. The third-order valence-electron chi connectivity index (χ3n) is 3.65. The van der Waals surface area contributed by atoms with Gasteiger partial charge in [-0.15, -0.1) is 0 Å². The fraction of sp³-hybridized carbons (Fsp3) is 0.714. The van der Waals surface area contributed by atoms with Crippen LogP contribution in [-0.4, -0.2) is 47.3 Å². The van der Waals surface area contributed by atoms with Crippen molar-refractivity contribution in [1.82, 2.24) is 14.5 Å². The minimum Gasteiger partial charge on any atom is -0.377 e. The fourth-order valence-corrected chi connectivity index (χ4v) is 2.51. The number of aromatic amines is 1. The number of hydrogen-bond acceptors (Lipinski definition) is 4. The Balaban J connectivity index is 1.88. The van der Waals surface area contributed by atoms with Crippen LogP contribution in [-0.2, 0) is 11.3 Å². The lowest BCUT2D eigenvalue weighted by molar-refractivity contribution is -0.00188. The molecule has 0 bridgehead atoms. The second-order valence-corrected chi connectivity index (χ2v) is 5.50. The van der Waals surface area contributed by atoms with E-state index in [1.54, 1.807) is 6.92 Å². The molecule has 0 radical (unpaired) electrons. The molecule has 0 saturated carbocycles. The third-order valence-corrected chi connectivity index (χ3v) is 3.65. The van der Waals surface area contributed by atoms with Gasteiger partial charge in [0.2, 0.25) is 0 Å². The van der Waals surface area contributed by atoms with E-state index in [4.69, 9.17) is 4.74 Å². The van der Waals surface area contributed by atoms with Gasteiger partial charge in [0.1, 0.15) is 0 Å². The molecule has 0 spiro atoms. The minimum absolute atomic E-state index is 0.242. The average molecular weight is 281 g/mol. The number of aromatic nitrogens is 2. The van der Waals surface area contributed by atoms with Crippen molar-refractivity contribution in [3.63, 3.8) is 0 Å². The van der Waals surface area contributed by atoms with E-state index in [9.17, 15) is 9.59 Å². The molecule has 0 aromatic carbocycles. The first kappa shape index (κ1) is 15.0. The van der Waals surface area contributed by atoms with Crippen LogP contribution in [0.15, 0.2) is 15.7 Å². The smallest absolute Gasteiger partial charge is 0.328 e. The van der Waals surface area contributed by atoms with E-state index in [-0.39, 0.29) is 17.4 Å². The highest BCUT2D eigenvalue weighted by Gasteiger charge is 2.15. The Kier molecular flexibility index (Phi) is 5.14. The van der Waals surface area contributed by atoms with Crippen LogP contribution in [0.25, 0.3) is 0 Å². The Morgan fingerprint density at radius 1 is 1.45 bits per heavy atom. The quantitative estimate of drug-likeness (QED) is 0.845. The molecule has 0 aliphatic carbocycles. The van der Waals surface area contributed by atoms with Crippen molar-refractivity contribution in [2.75, 3.05) is 26.7 Å². The molecule has 1 N–H and O–H groups in total. The van der Waals surface area contributed by atoms with Gasteiger partial charge in [-0.3, -0.25) is 9.36 Å². The standard InChI is InChI=1S/C14H23N3O3/c1-11-9-13(18)17(14(19)15-11)7-6-16(2)10-12-5-3-4-8-20-12/h9,12H,3-8,10H2,1-2H3,(H,15,19). The number of aryl methyl sites for hydroxylation is 1. The molecule has 6 heteroatoms. The highest BCUT2D eigenvalue weighted by atomic mass is 16.5. The Bertz CT molecular complexity index is 512. The summed E-state index contributed by atoms with van der Waals surface area (Å²) in [6.07, 6.45) is 3.74. The van der Waals surface area contributed by atoms with E-state index in [1.807, 2.05) is 7.05 Å². The first-order chi connectivity index (χ1) is 9.56. The van der Waals surface area contributed by atoms with Gasteiger partial charge in [0.15, 0.2) is 0 Å². The van der Waals surface area contributed by atoms with E-state index in [0.29, 0.717) is 18.8 Å². The van der Waals surface area contributed by atoms with Crippen molar-refractivity contribution in [3.8, 4) is 0 Å². The summed E-state index contributed by atoms with van der Waals surface area (Å²) in [5, 5.41) is 0. The van der Waals surface area contributed by atoms with Gasteiger partial charge in [0.05, 0.1) is 6.10 Å². The fourth-order valence-electron chi connectivity index (χ4n) is 2.51. The van der Waals surface area contributed by atoms with Crippen molar-refractivity contribution in [3.05, 3.63) is 32.6 Å². The van der Waals surface area contributed by atoms with Gasteiger partial charge in [0, 0.05) is 38.0 Å². The van der Waals surface area contributed by atoms with Gasteiger partial charge in [-0.1, -0.05) is 0 Å². The topological polar surface area (TPSA) is 67.3 Å². The van der Waals surface area contributed by atoms with Crippen molar-refractivity contribution in [1.29, 1.82) is 0 Å². The number of likely N-dealkylation sites (N-methyl/N-ethyl adjacent to an activating group) is 1. The molecule has 20 heavy (non-hydrogen) atoms. The van der Waals surface area contributed by atoms with Crippen molar-refractivity contribution in [2.45, 2.75) is 38.8 Å². The second-order valence-electron chi connectivity index (χ2n) is 5.50. The SMILES string of the molecule is Cc1cc(=O)n(CCN(C)CC2CCCCO2)c(=O)[nH]1. The average Bonchev–Trinajstić information content (AvgIpc) is 2.38. The predicted octanol–water partition coefficient (Wildman–Crippen LogP) is 0.346. The lowest BCUT2D eigenvalue weighted by atomic mass is 10.1. The molecule has 1 aliphatic heterocycles. The molecule has 0 amide bonds. The molecule has 1 atom stereocenters. The van der Waals surface area contributed by atoms with E-state index >= 15 is 0 Å². The first-order valence-electron chi connectivity index (χ1n) is 7.17. The number of rotatable bonds is 5. The molecule has 2 rings (SSSR count). The Labute approximate surface area is 118 Å². The Morgan fingerprint density at radius 2 is 2.25 bits per heavy atom. The van der Waals surface area contributed by atoms with Gasteiger partial charge in [-0.05, 0) is 33.2 Å². The number of nitrogens with zero attached hydrogens (tertiary/aromatic N) is 2. The first-order valence-corrected chi connectivity index (χ1v) is 7.17. The zero-order chi connectivity index (χ0) is 14.5. The van der Waals surface area contributed by atoms with E-state index < -0.39 is 0 Å². The van der Waals surface area contributed by atoms with E-state index in [0.717, 1.165) is 26.0 Å². The van der Waals surface area contributed by atoms with Gasteiger partial charge in [-0.2, -0.15) is 0 Å². The second kappa shape index (κ2) is 6.85. The Hall–Kier alpha value is -1.40. The summed E-state index contributed by atoms with van der Waals surface area (Å²) in [4.78, 5) is 28.3. The van der Waals surface area contributed by atoms with Crippen LogP contribution in [0.2, 0.25) is 0 Å². The summed E-state index contributed by atoms with van der Waals surface area (Å²) in [6, 6.07) is 1.45. The van der Waals surface area contributed by atoms with Gasteiger partial charge in [-0.25, -0.2) is 4.79 Å². The molecule has 1 fully saturated rings. The van der Waals surface area contributed by atoms with Crippen LogP contribution in [0.1, 0.15) is 25.0 Å². The van der Waals surface area contributed by atoms with Crippen LogP contribution in [0.3, 0.4) is 0 Å². The summed E-state index contributed by atoms with van der Waals surface area (Å²) in [6.45, 7) is 4.46. The minimum atomic E-state index is -0.336. The maximum Gasteiger partial charge on any atom is 0.328 e. The van der Waals surface area contributed by atoms with Crippen molar-refractivity contribution >= 4 is 0 Å². The van der Waals surface area contributed by atoms with Gasteiger partial charge >= 0.3 is 5.69 Å². The Morgan fingerprint density at radius 3 is 2.90 bits per heavy atom. The van der Waals surface area contributed by atoms with Crippen molar-refractivity contribution < 1.29 is 4.74 Å². The molecule has 1 aromatic heterocycles. The molecule has 1 aromatic rings. The predicted molar refractivity (Wildman–Crippen MR) is 77.1 cm³/mol. The normalized spacial score (nSPS) is 19.4. The lowest BCUT2D eigenvalue weighted by Crippen LogP contribution is -2.40. The molecular formula is C14H23N3O3. The molecule has 1 aliphatic rings. The monoisotopic (exact) mass is 281 g/mol.